The van der Waals surface area contributed by atoms with Gasteiger partial charge in [0.2, 0.25) is 0 Å². The Hall–Kier alpha value is -1.76. The summed E-state index contributed by atoms with van der Waals surface area (Å²) in [7, 11) is 0.447. The zero-order valence-electron chi connectivity index (χ0n) is 35.2. The van der Waals surface area contributed by atoms with E-state index < -0.39 is 16.9 Å². The number of ether oxygens (including phenoxy) is 9. The van der Waals surface area contributed by atoms with Crippen LogP contribution < -0.4 is 28.4 Å². The number of esters is 1. The molecule has 0 fully saturated rings. The van der Waals surface area contributed by atoms with Crippen LogP contribution in [0.15, 0.2) is 112 Å². The Morgan fingerprint density at radius 1 is 0.477 bits per heavy atom. The predicted octanol–water partition coefficient (Wildman–Crippen LogP) is 13.8. The monoisotopic (exact) mass is 1570 g/mol. The minimum Gasteiger partial charge on any atom is -0.489 e. The van der Waals surface area contributed by atoms with Crippen LogP contribution in [-0.2, 0) is 38.8 Å². The largest absolute Gasteiger partial charge is 0.489 e. The van der Waals surface area contributed by atoms with Gasteiger partial charge in [0.25, 0.3) is 0 Å². The molecule has 0 atom stereocenters. The Kier molecular flexibility index (Phi) is 19.4. The average Bonchev–Trinajstić information content (AvgIpc) is 3.61. The van der Waals surface area contributed by atoms with E-state index >= 15 is 0 Å². The van der Waals surface area contributed by atoms with Crippen molar-refractivity contribution in [1.29, 1.82) is 0 Å². The number of carbonyl (C=O) groups excluding carboxylic acids is 1. The topological polar surface area (TPSA) is 100 Å². The van der Waals surface area contributed by atoms with Gasteiger partial charge in [0, 0.05) is 23.0 Å². The van der Waals surface area contributed by atoms with Crippen molar-refractivity contribution in [2.45, 2.75) is 48.4 Å². The molecule has 0 bridgehead atoms. The quantitative estimate of drug-likeness (QED) is 0.0246. The maximum absolute atomic E-state index is 11.6. The second kappa shape index (κ2) is 24.7. The third-order valence-electron chi connectivity index (χ3n) is 9.74. The van der Waals surface area contributed by atoms with Crippen molar-refractivity contribution in [3.05, 3.63) is 135 Å². The van der Waals surface area contributed by atoms with Gasteiger partial charge in [0.15, 0.2) is 20.2 Å². The van der Waals surface area contributed by atoms with Crippen LogP contribution in [0.2, 0.25) is 0 Å². The van der Waals surface area contributed by atoms with Gasteiger partial charge in [0.1, 0.15) is 54.3 Å². The number of thiol groups is 1. The lowest BCUT2D eigenvalue weighted by atomic mass is 10.1. The highest BCUT2D eigenvalue weighted by atomic mass is 127. The van der Waals surface area contributed by atoms with Crippen LogP contribution in [0.4, 0.5) is 0 Å². The zero-order chi connectivity index (χ0) is 46.0. The van der Waals surface area contributed by atoms with Gasteiger partial charge in [-0.2, -0.15) is 10.9 Å². The first kappa shape index (κ1) is 51.1. The second-order valence-corrected chi connectivity index (χ2v) is 23.2. The lowest BCUT2D eigenvalue weighted by Gasteiger charge is -2.20. The summed E-state index contributed by atoms with van der Waals surface area (Å²) >= 11 is 13.7. The van der Waals surface area contributed by atoms with E-state index in [0.717, 1.165) is 78.0 Å². The highest BCUT2D eigenvalue weighted by Gasteiger charge is 2.29. The Balaban J connectivity index is 1.12. The van der Waals surface area contributed by atoms with Crippen molar-refractivity contribution in [3.63, 3.8) is 0 Å². The lowest BCUT2D eigenvalue weighted by molar-refractivity contribution is -0.142. The number of carbonyl (C=O) groups is 1. The second-order valence-electron chi connectivity index (χ2n) is 14.1. The van der Waals surface area contributed by atoms with Crippen molar-refractivity contribution in [2.75, 3.05) is 40.5 Å². The van der Waals surface area contributed by atoms with E-state index in [-0.39, 0.29) is 20.2 Å². The first-order valence-corrected chi connectivity index (χ1v) is 27.9. The number of hydrogen-bond donors (Lipinski definition) is 1. The molecule has 0 spiro atoms. The Bertz CT molecular complexity index is 2460. The summed E-state index contributed by atoms with van der Waals surface area (Å²) in [5.41, 5.74) is 5.34. The highest BCUT2D eigenvalue weighted by molar-refractivity contribution is 14.1. The van der Waals surface area contributed by atoms with Gasteiger partial charge >= 0.3 is 5.97 Å². The molecule has 1 heterocycles. The minimum absolute atomic E-state index is 0.145. The minimum atomic E-state index is -0.896. The molecule has 6 aromatic carbocycles. The number of methoxy groups -OCH3 is 1. The van der Waals surface area contributed by atoms with E-state index in [4.69, 9.17) is 42.6 Å². The Morgan fingerprint density at radius 3 is 1.23 bits per heavy atom. The SMILES string of the molecule is CCOCOc1c(I)cc(COc2ccc3c(c2)-c2cc(OCc4cc(I)c(OCOCC)c(I)c4)ccc2[SH]3c2ccc(OCc3cc(I)c(OCC(=O)OC)c(I)c3)cc2)cc1I. The van der Waals surface area contributed by atoms with E-state index in [2.05, 4.69) is 208 Å². The molecule has 0 aliphatic carbocycles. The third-order valence-corrected chi connectivity index (χ3v) is 17.1. The Morgan fingerprint density at radius 2 is 0.846 bits per heavy atom. The van der Waals surface area contributed by atoms with Crippen LogP contribution in [0.5, 0.6) is 34.5 Å². The molecule has 0 amide bonds. The van der Waals surface area contributed by atoms with Crippen LogP contribution in [0, 0.1) is 21.4 Å². The molecule has 0 aromatic heterocycles. The number of fused-ring (bicyclic) bond motifs is 3. The van der Waals surface area contributed by atoms with Gasteiger partial charge < -0.3 is 42.6 Å². The van der Waals surface area contributed by atoms with E-state index in [0.29, 0.717) is 38.8 Å². The molecule has 7 rings (SSSR count). The molecule has 0 unspecified atom stereocenters. The summed E-state index contributed by atoms with van der Waals surface area (Å²) in [6, 6.07) is 33.7. The van der Waals surface area contributed by atoms with Crippen molar-refractivity contribution >= 4 is 152 Å². The molecule has 0 radical (unpaired) electrons. The molecule has 0 saturated heterocycles. The molecule has 0 saturated carbocycles. The molecule has 342 valence electrons. The summed E-state index contributed by atoms with van der Waals surface area (Å²) in [4.78, 5) is 15.3. The Labute approximate surface area is 463 Å². The number of hydrogen-bond acceptors (Lipinski definition) is 10. The van der Waals surface area contributed by atoms with Gasteiger partial charge in [-0.15, -0.1) is 0 Å². The molecule has 6 aromatic rings. The molecule has 65 heavy (non-hydrogen) atoms. The van der Waals surface area contributed by atoms with Gasteiger partial charge in [-0.25, -0.2) is 4.79 Å². The van der Waals surface area contributed by atoms with E-state index in [1.165, 1.54) is 21.8 Å². The summed E-state index contributed by atoms with van der Waals surface area (Å²) in [5, 5.41) is 0. The van der Waals surface area contributed by atoms with Crippen LogP contribution in [0.3, 0.4) is 0 Å². The summed E-state index contributed by atoms with van der Waals surface area (Å²) in [5.74, 6) is 4.19. The van der Waals surface area contributed by atoms with Crippen molar-refractivity contribution in [1.82, 2.24) is 0 Å². The summed E-state index contributed by atoms with van der Waals surface area (Å²) in [6.45, 7) is 6.55. The average molecular weight is 1570 g/mol. The third kappa shape index (κ3) is 13.3. The van der Waals surface area contributed by atoms with Crippen molar-refractivity contribution in [3.8, 4) is 45.6 Å². The first-order valence-electron chi connectivity index (χ1n) is 20.1. The molecule has 10 nitrogen and oxygen atoms in total. The normalized spacial score (nSPS) is 12.0. The van der Waals surface area contributed by atoms with Gasteiger partial charge in [-0.1, -0.05) is 0 Å². The molecular weight excluding hydrogens is 1530 g/mol. The van der Waals surface area contributed by atoms with Crippen molar-refractivity contribution < 1.29 is 47.4 Å². The van der Waals surface area contributed by atoms with Crippen LogP contribution in [-0.4, -0.2) is 46.5 Å². The fraction of sp³-hybridized carbons (Fsp3) is 0.229. The van der Waals surface area contributed by atoms with E-state index in [1.807, 2.05) is 38.1 Å². The fourth-order valence-corrected chi connectivity index (χ4v) is 15.9. The van der Waals surface area contributed by atoms with Crippen LogP contribution >= 0.6 is 146 Å². The molecule has 1 aliphatic heterocycles. The van der Waals surface area contributed by atoms with Gasteiger partial charge in [-0.3, -0.25) is 0 Å². The smallest absolute Gasteiger partial charge is 0.343 e. The molecule has 17 heteroatoms. The number of rotatable bonds is 21. The van der Waals surface area contributed by atoms with Crippen LogP contribution in [0.1, 0.15) is 30.5 Å². The van der Waals surface area contributed by atoms with Gasteiger partial charge in [0.05, 0.1) is 28.5 Å². The number of halogens is 6. The van der Waals surface area contributed by atoms with E-state index in [9.17, 15) is 4.79 Å². The summed E-state index contributed by atoms with van der Waals surface area (Å²) in [6.07, 6.45) is 0. The number of benzene rings is 6. The summed E-state index contributed by atoms with van der Waals surface area (Å²) < 4.78 is 58.1. The van der Waals surface area contributed by atoms with Crippen molar-refractivity contribution in [2.24, 2.45) is 0 Å². The lowest BCUT2D eigenvalue weighted by Crippen LogP contribution is -2.14. The predicted molar refractivity (Wildman–Crippen MR) is 302 cm³/mol. The maximum atomic E-state index is 11.6. The molecular formula is C48H42I6O10S. The zero-order valence-corrected chi connectivity index (χ0v) is 49.0. The van der Waals surface area contributed by atoms with Gasteiger partial charge in [-0.05, 0) is 279 Å². The molecule has 0 N–H and O–H groups in total. The highest BCUT2D eigenvalue weighted by Crippen LogP contribution is 2.63. The first-order chi connectivity index (χ1) is 31.5. The standard InChI is InChI=1S/C48H42I6O10S/c1-4-57-26-63-47-39(51)16-29(17-40(47)52)23-60-32-8-12-43-35(20-32)36-21-33(61-24-30-18-41(53)48(42(54)19-30)64-27-58-5-2)9-13-44(36)65(43)34-10-6-31(7-11-34)59-22-28-14-37(49)46(38(50)15-28)62-25-45(55)56-3/h6-21,65H,4-5,22-27H2,1-3H3. The van der Waals surface area contributed by atoms with Crippen LogP contribution in [0.25, 0.3) is 11.1 Å². The van der Waals surface area contributed by atoms with E-state index in [1.54, 1.807) is 0 Å². The molecule has 1 aliphatic rings. The fourth-order valence-electron chi connectivity index (χ4n) is 6.69. The maximum Gasteiger partial charge on any atom is 0.343 e.